The quantitative estimate of drug-likeness (QED) is 0.638. The summed E-state index contributed by atoms with van der Waals surface area (Å²) in [7, 11) is 3.58. The number of carbonyl (C=O) groups excluding carboxylic acids is 1. The van der Waals surface area contributed by atoms with E-state index in [0.29, 0.717) is 5.92 Å². The highest BCUT2D eigenvalue weighted by molar-refractivity contribution is 5.84. The first-order chi connectivity index (χ1) is 11.1. The molecule has 0 bridgehead atoms. The highest BCUT2D eigenvalue weighted by Crippen LogP contribution is 2.23. The highest BCUT2D eigenvalue weighted by atomic mass is 16.2. The molecular weight excluding hydrogens is 288 g/mol. The molecule has 1 unspecified atom stereocenters. The molecule has 1 aliphatic heterocycles. The molecule has 2 rings (SSSR count). The fraction of sp³-hybridized carbons (Fsp3) is 0.889. The number of likely N-dealkylation sites (tertiary alicyclic amines) is 1. The maximum Gasteiger partial charge on any atom is 0.243 e. The maximum absolute atomic E-state index is 11.9. The van der Waals surface area contributed by atoms with Gasteiger partial charge >= 0.3 is 0 Å². The first-order valence-electron chi connectivity index (χ1n) is 9.29. The van der Waals surface area contributed by atoms with Crippen LogP contribution in [-0.4, -0.2) is 61.9 Å². The van der Waals surface area contributed by atoms with Crippen LogP contribution in [0, 0.1) is 11.8 Å². The maximum atomic E-state index is 11.9. The van der Waals surface area contributed by atoms with Crippen LogP contribution < -0.4 is 5.32 Å². The largest absolute Gasteiger partial charge is 0.356 e. The lowest BCUT2D eigenvalue weighted by Crippen LogP contribution is -2.48. The molecule has 5 heteroatoms. The molecule has 2 fully saturated rings. The number of aliphatic imine (C=N–C) groups is 1. The first kappa shape index (κ1) is 18.1. The number of rotatable bonds is 4. The van der Waals surface area contributed by atoms with Crippen LogP contribution in [0.2, 0.25) is 0 Å². The van der Waals surface area contributed by atoms with Gasteiger partial charge in [-0.05, 0) is 37.5 Å². The highest BCUT2D eigenvalue weighted by Gasteiger charge is 2.21. The number of nitrogens with zero attached hydrogens (tertiary/aromatic N) is 3. The third kappa shape index (κ3) is 6.04. The lowest BCUT2D eigenvalue weighted by Gasteiger charge is -2.34. The van der Waals surface area contributed by atoms with Gasteiger partial charge in [-0.2, -0.15) is 0 Å². The number of nitrogens with one attached hydrogen (secondary N) is 1. The molecule has 1 amide bonds. The van der Waals surface area contributed by atoms with Crippen LogP contribution in [0.5, 0.6) is 0 Å². The second-order valence-electron chi connectivity index (χ2n) is 7.51. The van der Waals surface area contributed by atoms with Crippen molar-refractivity contribution in [3.8, 4) is 0 Å². The zero-order chi connectivity index (χ0) is 16.7. The Morgan fingerprint density at radius 1 is 1.17 bits per heavy atom. The van der Waals surface area contributed by atoms with Crippen molar-refractivity contribution in [3.63, 3.8) is 0 Å². The molecule has 2 aliphatic rings. The molecule has 1 atom stereocenters. The lowest BCUT2D eigenvalue weighted by molar-refractivity contribution is -0.127. The molecular formula is C18H34N4O. The van der Waals surface area contributed by atoms with Gasteiger partial charge in [0.05, 0.1) is 0 Å². The molecule has 1 aliphatic carbocycles. The molecule has 1 saturated heterocycles. The fourth-order valence-corrected chi connectivity index (χ4v) is 3.56. The summed E-state index contributed by atoms with van der Waals surface area (Å²) in [4.78, 5) is 20.5. The Bertz CT molecular complexity index is 402. The average molecular weight is 322 g/mol. The van der Waals surface area contributed by atoms with E-state index in [0.717, 1.165) is 31.5 Å². The molecule has 0 aromatic rings. The van der Waals surface area contributed by atoms with Gasteiger partial charge in [0, 0.05) is 33.7 Å². The van der Waals surface area contributed by atoms with E-state index in [2.05, 4.69) is 22.1 Å². The van der Waals surface area contributed by atoms with E-state index in [1.54, 1.807) is 19.0 Å². The van der Waals surface area contributed by atoms with E-state index in [1.807, 2.05) is 0 Å². The zero-order valence-corrected chi connectivity index (χ0v) is 15.2. The third-order valence-electron chi connectivity index (χ3n) is 5.09. The van der Waals surface area contributed by atoms with Crippen LogP contribution in [0.4, 0.5) is 0 Å². The average Bonchev–Trinajstić information content (AvgIpc) is 2.55. The Labute approximate surface area is 141 Å². The lowest BCUT2D eigenvalue weighted by atomic mass is 9.89. The summed E-state index contributed by atoms with van der Waals surface area (Å²) in [6.45, 7) is 5.64. The standard InChI is InChI=1S/C18H34N4O/c1-15-8-7-11-22(14-15)18(20-13-17(23)21(2)3)19-12-16-9-5-4-6-10-16/h15-16H,4-14H2,1-3H3,(H,19,20). The van der Waals surface area contributed by atoms with Crippen molar-refractivity contribution < 1.29 is 4.79 Å². The van der Waals surface area contributed by atoms with Gasteiger partial charge < -0.3 is 15.1 Å². The molecule has 132 valence electrons. The van der Waals surface area contributed by atoms with Crippen LogP contribution in [0.15, 0.2) is 4.99 Å². The SMILES string of the molecule is CC1CCCN(C(=NCC(=O)N(C)C)NCC2CCCCC2)C1. The number of guanidine groups is 1. The monoisotopic (exact) mass is 322 g/mol. The van der Waals surface area contributed by atoms with Gasteiger partial charge in [-0.1, -0.05) is 26.2 Å². The van der Waals surface area contributed by atoms with Gasteiger partial charge in [-0.15, -0.1) is 0 Å². The fourth-order valence-electron chi connectivity index (χ4n) is 3.56. The topological polar surface area (TPSA) is 47.9 Å². The van der Waals surface area contributed by atoms with Gasteiger partial charge in [0.2, 0.25) is 5.91 Å². The number of likely N-dealkylation sites (N-methyl/N-ethyl adjacent to an activating group) is 1. The van der Waals surface area contributed by atoms with E-state index >= 15 is 0 Å². The molecule has 0 radical (unpaired) electrons. The summed E-state index contributed by atoms with van der Waals surface area (Å²) < 4.78 is 0. The van der Waals surface area contributed by atoms with E-state index in [9.17, 15) is 4.79 Å². The number of amides is 1. The number of piperidine rings is 1. The van der Waals surface area contributed by atoms with Crippen LogP contribution >= 0.6 is 0 Å². The first-order valence-corrected chi connectivity index (χ1v) is 9.29. The van der Waals surface area contributed by atoms with E-state index in [-0.39, 0.29) is 12.5 Å². The van der Waals surface area contributed by atoms with Crippen LogP contribution in [-0.2, 0) is 4.79 Å². The minimum Gasteiger partial charge on any atom is -0.356 e. The minimum atomic E-state index is 0.0621. The molecule has 1 heterocycles. The second kappa shape index (κ2) is 9.14. The van der Waals surface area contributed by atoms with Gasteiger partial charge in [0.25, 0.3) is 0 Å². The summed E-state index contributed by atoms with van der Waals surface area (Å²) in [5.74, 6) is 2.47. The van der Waals surface area contributed by atoms with Gasteiger partial charge in [-0.3, -0.25) is 4.79 Å². The summed E-state index contributed by atoms with van der Waals surface area (Å²) in [6.07, 6.45) is 9.27. The van der Waals surface area contributed by atoms with Crippen molar-refractivity contribution in [1.82, 2.24) is 15.1 Å². The van der Waals surface area contributed by atoms with Crippen molar-refractivity contribution in [2.45, 2.75) is 51.9 Å². The normalized spacial score (nSPS) is 23.7. The van der Waals surface area contributed by atoms with E-state index < -0.39 is 0 Å². The van der Waals surface area contributed by atoms with Crippen LogP contribution in [0.3, 0.4) is 0 Å². The van der Waals surface area contributed by atoms with Gasteiger partial charge in [0.1, 0.15) is 6.54 Å². The summed E-state index contributed by atoms with van der Waals surface area (Å²) >= 11 is 0. The molecule has 0 aromatic carbocycles. The number of hydrogen-bond acceptors (Lipinski definition) is 2. The Kier molecular flexibility index (Phi) is 7.18. The Morgan fingerprint density at radius 3 is 2.57 bits per heavy atom. The molecule has 0 aromatic heterocycles. The zero-order valence-electron chi connectivity index (χ0n) is 15.2. The van der Waals surface area contributed by atoms with Crippen molar-refractivity contribution >= 4 is 11.9 Å². The van der Waals surface area contributed by atoms with Crippen molar-refractivity contribution in [2.24, 2.45) is 16.8 Å². The molecule has 0 spiro atoms. The van der Waals surface area contributed by atoms with Crippen LogP contribution in [0.25, 0.3) is 0 Å². The van der Waals surface area contributed by atoms with Gasteiger partial charge in [0.15, 0.2) is 5.96 Å². The Morgan fingerprint density at radius 2 is 1.91 bits per heavy atom. The van der Waals surface area contributed by atoms with Crippen molar-refractivity contribution in [3.05, 3.63) is 0 Å². The summed E-state index contributed by atoms with van der Waals surface area (Å²) in [5, 5.41) is 3.58. The molecule has 1 saturated carbocycles. The molecule has 23 heavy (non-hydrogen) atoms. The van der Waals surface area contributed by atoms with Gasteiger partial charge in [-0.25, -0.2) is 4.99 Å². The van der Waals surface area contributed by atoms with Crippen LogP contribution in [0.1, 0.15) is 51.9 Å². The Hall–Kier alpha value is -1.26. The predicted octanol–water partition coefficient (Wildman–Crippen LogP) is 2.33. The summed E-state index contributed by atoms with van der Waals surface area (Å²) in [5.41, 5.74) is 0. The minimum absolute atomic E-state index is 0.0621. The number of hydrogen-bond donors (Lipinski definition) is 1. The molecule has 1 N–H and O–H groups in total. The summed E-state index contributed by atoms with van der Waals surface area (Å²) in [6, 6.07) is 0. The van der Waals surface area contributed by atoms with Crippen molar-refractivity contribution in [1.29, 1.82) is 0 Å². The smallest absolute Gasteiger partial charge is 0.243 e. The van der Waals surface area contributed by atoms with Crippen molar-refractivity contribution in [2.75, 3.05) is 40.3 Å². The second-order valence-corrected chi connectivity index (χ2v) is 7.51. The molecule has 5 nitrogen and oxygen atoms in total. The Balaban J connectivity index is 1.94. The predicted molar refractivity (Wildman–Crippen MR) is 95.5 cm³/mol. The number of carbonyl (C=O) groups is 1. The van der Waals surface area contributed by atoms with E-state index in [1.165, 1.54) is 44.9 Å². The third-order valence-corrected chi connectivity index (χ3v) is 5.09. The van der Waals surface area contributed by atoms with E-state index in [4.69, 9.17) is 0 Å².